The zero-order chi connectivity index (χ0) is 23.6. The molecule has 0 amide bonds. The van der Waals surface area contributed by atoms with Crippen LogP contribution >= 0.6 is 12.4 Å². The van der Waals surface area contributed by atoms with Crippen molar-refractivity contribution in [3.05, 3.63) is 102 Å². The number of hydrogen-bond acceptors (Lipinski definition) is 2. The summed E-state index contributed by atoms with van der Waals surface area (Å²) in [5, 5.41) is 5.48. The fourth-order valence-electron chi connectivity index (χ4n) is 5.41. The molecule has 0 spiro atoms. The Hall–Kier alpha value is -2.60. The molecule has 1 aliphatic heterocycles. The van der Waals surface area contributed by atoms with Crippen LogP contribution < -0.4 is 5.32 Å². The lowest BCUT2D eigenvalue weighted by Gasteiger charge is -2.47. The van der Waals surface area contributed by atoms with Crippen molar-refractivity contribution in [3.8, 4) is 0 Å². The van der Waals surface area contributed by atoms with E-state index < -0.39 is 23.6 Å². The van der Waals surface area contributed by atoms with Gasteiger partial charge in [0.1, 0.15) is 0 Å². The van der Waals surface area contributed by atoms with Gasteiger partial charge in [-0.15, -0.1) is 12.4 Å². The van der Waals surface area contributed by atoms with Crippen LogP contribution in [0.1, 0.15) is 24.0 Å². The zero-order valence-electron chi connectivity index (χ0n) is 19.3. The molecule has 3 aromatic carbocycles. The summed E-state index contributed by atoms with van der Waals surface area (Å²) >= 11 is 0. The topological polar surface area (TPSA) is 21.3 Å². The quantitative estimate of drug-likeness (QED) is 0.396. The summed E-state index contributed by atoms with van der Waals surface area (Å²) in [5.41, 5.74) is 0.562. The van der Waals surface area contributed by atoms with Crippen molar-refractivity contribution in [2.45, 2.75) is 31.7 Å². The largest absolute Gasteiger partial charge is 0.398 e. The monoisotopic (exact) mass is 499 g/mol. The van der Waals surface area contributed by atoms with Crippen molar-refractivity contribution in [1.82, 2.24) is 5.32 Å². The fourth-order valence-corrected chi connectivity index (χ4v) is 5.41. The molecule has 6 heteroatoms. The minimum absolute atomic E-state index is 0. The molecule has 0 aromatic heterocycles. The first-order valence-electron chi connectivity index (χ1n) is 11.8. The fraction of sp³-hybridized carbons (Fsp3) is 0.310. The Bertz CT molecular complexity index is 1210. The van der Waals surface area contributed by atoms with Gasteiger partial charge in [0.2, 0.25) is 0 Å². The molecule has 1 aliphatic carbocycles. The Morgan fingerprint density at radius 1 is 0.943 bits per heavy atom. The van der Waals surface area contributed by atoms with E-state index in [2.05, 4.69) is 11.4 Å². The van der Waals surface area contributed by atoms with E-state index in [4.69, 9.17) is 4.74 Å². The highest BCUT2D eigenvalue weighted by Gasteiger charge is 2.60. The summed E-state index contributed by atoms with van der Waals surface area (Å²) in [6.07, 6.45) is 0.187. The number of halogens is 4. The van der Waals surface area contributed by atoms with Crippen molar-refractivity contribution in [1.29, 1.82) is 0 Å². The predicted molar refractivity (Wildman–Crippen MR) is 137 cm³/mol. The summed E-state index contributed by atoms with van der Waals surface area (Å²) in [5.74, 6) is -0.669. The maximum atomic E-state index is 14.8. The van der Waals surface area contributed by atoms with Gasteiger partial charge >= 0.3 is 6.18 Å². The van der Waals surface area contributed by atoms with Gasteiger partial charge in [0.05, 0.1) is 18.1 Å². The maximum Gasteiger partial charge on any atom is 0.398 e. The Morgan fingerprint density at radius 3 is 2.46 bits per heavy atom. The molecule has 35 heavy (non-hydrogen) atoms. The SMILES string of the molecule is Cl.FC(F)(F)C1(C2CCNCC2OCc2ccc3ccccc3c2)C=CC=C(c2ccccc2)C1. The molecule has 1 saturated heterocycles. The van der Waals surface area contributed by atoms with Crippen LogP contribution in [0.2, 0.25) is 0 Å². The third-order valence-corrected chi connectivity index (χ3v) is 7.21. The van der Waals surface area contributed by atoms with Crippen LogP contribution in [-0.4, -0.2) is 25.4 Å². The van der Waals surface area contributed by atoms with Crippen LogP contribution in [0.3, 0.4) is 0 Å². The number of fused-ring (bicyclic) bond motifs is 1. The molecule has 2 aliphatic rings. The van der Waals surface area contributed by atoms with Gasteiger partial charge in [-0.3, -0.25) is 0 Å². The van der Waals surface area contributed by atoms with Crippen molar-refractivity contribution >= 4 is 28.8 Å². The molecule has 1 fully saturated rings. The maximum absolute atomic E-state index is 14.8. The minimum Gasteiger partial charge on any atom is -0.372 e. The highest BCUT2D eigenvalue weighted by molar-refractivity contribution is 5.85. The van der Waals surface area contributed by atoms with Gasteiger partial charge in [0.25, 0.3) is 0 Å². The molecule has 3 unspecified atom stereocenters. The zero-order valence-corrected chi connectivity index (χ0v) is 20.1. The molecule has 1 N–H and O–H groups in total. The summed E-state index contributed by atoms with van der Waals surface area (Å²) in [4.78, 5) is 0. The van der Waals surface area contributed by atoms with E-state index in [0.717, 1.165) is 21.9 Å². The lowest BCUT2D eigenvalue weighted by Crippen LogP contribution is -2.54. The Morgan fingerprint density at radius 2 is 1.69 bits per heavy atom. The smallest absolute Gasteiger partial charge is 0.372 e. The van der Waals surface area contributed by atoms with Gasteiger partial charge in [0, 0.05) is 12.5 Å². The van der Waals surface area contributed by atoms with Crippen LogP contribution in [0.25, 0.3) is 16.3 Å². The third-order valence-electron chi connectivity index (χ3n) is 7.21. The molecule has 2 nitrogen and oxygen atoms in total. The summed E-state index contributed by atoms with van der Waals surface area (Å²) < 4.78 is 50.7. The van der Waals surface area contributed by atoms with Gasteiger partial charge in [0.15, 0.2) is 0 Å². The number of allylic oxidation sites excluding steroid dienone is 4. The lowest BCUT2D eigenvalue weighted by molar-refractivity contribution is -0.239. The van der Waals surface area contributed by atoms with Gasteiger partial charge in [-0.2, -0.15) is 13.2 Å². The molecule has 0 radical (unpaired) electrons. The second-order valence-corrected chi connectivity index (χ2v) is 9.26. The highest BCUT2D eigenvalue weighted by Crippen LogP contribution is 2.55. The second-order valence-electron chi connectivity index (χ2n) is 9.26. The summed E-state index contributed by atoms with van der Waals surface area (Å²) in [6, 6.07) is 23.5. The number of alkyl halides is 3. The van der Waals surface area contributed by atoms with Crippen LogP contribution in [0, 0.1) is 11.3 Å². The van der Waals surface area contributed by atoms with Gasteiger partial charge in [-0.25, -0.2) is 0 Å². The molecule has 1 heterocycles. The Balaban J connectivity index is 0.00000289. The van der Waals surface area contributed by atoms with Crippen molar-refractivity contribution in [2.75, 3.05) is 13.1 Å². The number of piperidine rings is 1. The highest BCUT2D eigenvalue weighted by atomic mass is 35.5. The van der Waals surface area contributed by atoms with Crippen LogP contribution in [0.15, 0.2) is 91.0 Å². The van der Waals surface area contributed by atoms with E-state index >= 15 is 0 Å². The minimum atomic E-state index is -4.38. The van der Waals surface area contributed by atoms with E-state index in [1.165, 1.54) is 6.08 Å². The number of nitrogens with one attached hydrogen (secondary N) is 1. The van der Waals surface area contributed by atoms with E-state index in [1.807, 2.05) is 72.8 Å². The number of rotatable bonds is 5. The first kappa shape index (κ1) is 25.5. The molecule has 0 bridgehead atoms. The first-order chi connectivity index (χ1) is 16.5. The number of ether oxygens (including phenoxy) is 1. The van der Waals surface area contributed by atoms with E-state index in [1.54, 1.807) is 6.08 Å². The molecule has 5 rings (SSSR count). The molecular formula is C29H29ClF3NO. The molecule has 0 saturated carbocycles. The van der Waals surface area contributed by atoms with Crippen LogP contribution in [-0.2, 0) is 11.3 Å². The van der Waals surface area contributed by atoms with Crippen molar-refractivity contribution in [2.24, 2.45) is 11.3 Å². The average molecular weight is 500 g/mol. The second kappa shape index (κ2) is 10.6. The van der Waals surface area contributed by atoms with Crippen LogP contribution in [0.4, 0.5) is 13.2 Å². The predicted octanol–water partition coefficient (Wildman–Crippen LogP) is 7.35. The average Bonchev–Trinajstić information content (AvgIpc) is 2.87. The van der Waals surface area contributed by atoms with E-state index in [0.29, 0.717) is 25.1 Å². The molecule has 184 valence electrons. The summed E-state index contributed by atoms with van der Waals surface area (Å²) in [6.45, 7) is 1.25. The van der Waals surface area contributed by atoms with Crippen LogP contribution in [0.5, 0.6) is 0 Å². The molecular weight excluding hydrogens is 471 g/mol. The van der Waals surface area contributed by atoms with E-state index in [9.17, 15) is 13.2 Å². The Kier molecular flexibility index (Phi) is 7.70. The standard InChI is InChI=1S/C29H28F3NO.ClH/c30-29(31,32)28(15-6-11-25(18-28)22-7-2-1-3-8-22)26-14-16-33-19-27(26)34-20-21-12-13-23-9-4-5-10-24(23)17-21;/h1-13,15,17,26-27,33H,14,16,18-20H2;1H. The van der Waals surface area contributed by atoms with Gasteiger partial charge < -0.3 is 10.1 Å². The normalized spacial score (nSPS) is 24.6. The lowest BCUT2D eigenvalue weighted by atomic mass is 9.63. The van der Waals surface area contributed by atoms with Crippen molar-refractivity contribution in [3.63, 3.8) is 0 Å². The Labute approximate surface area is 210 Å². The first-order valence-corrected chi connectivity index (χ1v) is 11.8. The molecule has 3 atom stereocenters. The number of hydrogen-bond donors (Lipinski definition) is 1. The summed E-state index contributed by atoms with van der Waals surface area (Å²) in [7, 11) is 0. The third kappa shape index (κ3) is 5.18. The number of benzene rings is 3. The van der Waals surface area contributed by atoms with E-state index in [-0.39, 0.29) is 25.4 Å². The van der Waals surface area contributed by atoms with Gasteiger partial charge in [-0.05, 0) is 52.9 Å². The molecule has 3 aromatic rings. The van der Waals surface area contributed by atoms with Crippen molar-refractivity contribution < 1.29 is 17.9 Å². The van der Waals surface area contributed by atoms with Gasteiger partial charge in [-0.1, -0.05) is 85.0 Å².